The van der Waals surface area contributed by atoms with Crippen LogP contribution in [0.3, 0.4) is 0 Å². The fourth-order valence-corrected chi connectivity index (χ4v) is 1.45. The standard InChI is InChI=1S/C13H19N3O/c1-5-10-6-7-15-12(16-8-9(2)3)11(10)13(17)14-4/h5-7,9H,1,8H2,2-4H3,(H,14,17)(H,15,16). The zero-order chi connectivity index (χ0) is 12.8. The summed E-state index contributed by atoms with van der Waals surface area (Å²) in [5.41, 5.74) is 1.33. The Morgan fingerprint density at radius 3 is 2.82 bits per heavy atom. The molecular formula is C13H19N3O. The largest absolute Gasteiger partial charge is 0.369 e. The van der Waals surface area contributed by atoms with E-state index in [-0.39, 0.29) is 5.91 Å². The monoisotopic (exact) mass is 233 g/mol. The lowest BCUT2D eigenvalue weighted by atomic mass is 10.1. The minimum absolute atomic E-state index is 0.153. The molecule has 0 aliphatic rings. The highest BCUT2D eigenvalue weighted by Gasteiger charge is 2.14. The van der Waals surface area contributed by atoms with E-state index in [1.54, 1.807) is 25.4 Å². The summed E-state index contributed by atoms with van der Waals surface area (Å²) < 4.78 is 0. The molecule has 1 rings (SSSR count). The van der Waals surface area contributed by atoms with Crippen molar-refractivity contribution in [3.63, 3.8) is 0 Å². The lowest BCUT2D eigenvalue weighted by molar-refractivity contribution is 0.0963. The molecule has 0 saturated heterocycles. The highest BCUT2D eigenvalue weighted by Crippen LogP contribution is 2.18. The van der Waals surface area contributed by atoms with Crippen LogP contribution >= 0.6 is 0 Å². The van der Waals surface area contributed by atoms with Gasteiger partial charge in [-0.2, -0.15) is 0 Å². The second-order valence-corrected chi connectivity index (χ2v) is 4.18. The first-order valence-electron chi connectivity index (χ1n) is 5.67. The number of carbonyl (C=O) groups excluding carboxylic acids is 1. The number of carbonyl (C=O) groups is 1. The van der Waals surface area contributed by atoms with E-state index in [1.165, 1.54) is 0 Å². The molecule has 17 heavy (non-hydrogen) atoms. The molecule has 1 amide bonds. The molecule has 0 fully saturated rings. The van der Waals surface area contributed by atoms with Crippen LogP contribution in [0.25, 0.3) is 6.08 Å². The van der Waals surface area contributed by atoms with Crippen LogP contribution in [-0.2, 0) is 0 Å². The molecule has 1 aromatic heterocycles. The molecule has 0 saturated carbocycles. The fraction of sp³-hybridized carbons (Fsp3) is 0.385. The molecule has 0 bridgehead atoms. The van der Waals surface area contributed by atoms with E-state index < -0.39 is 0 Å². The third-order valence-electron chi connectivity index (χ3n) is 2.34. The average molecular weight is 233 g/mol. The SMILES string of the molecule is C=Cc1ccnc(NCC(C)C)c1C(=O)NC. The molecule has 2 N–H and O–H groups in total. The molecule has 0 spiro atoms. The second-order valence-electron chi connectivity index (χ2n) is 4.18. The van der Waals surface area contributed by atoms with E-state index in [4.69, 9.17) is 0 Å². The van der Waals surface area contributed by atoms with Gasteiger partial charge in [-0.1, -0.05) is 26.5 Å². The Hall–Kier alpha value is -1.84. The first-order valence-corrected chi connectivity index (χ1v) is 5.67. The molecular weight excluding hydrogens is 214 g/mol. The van der Waals surface area contributed by atoms with Crippen molar-refractivity contribution in [2.45, 2.75) is 13.8 Å². The highest BCUT2D eigenvalue weighted by atomic mass is 16.1. The minimum Gasteiger partial charge on any atom is -0.369 e. The van der Waals surface area contributed by atoms with Crippen molar-refractivity contribution in [2.75, 3.05) is 18.9 Å². The van der Waals surface area contributed by atoms with Crippen molar-refractivity contribution in [3.05, 3.63) is 30.0 Å². The third-order valence-corrected chi connectivity index (χ3v) is 2.34. The van der Waals surface area contributed by atoms with Crippen LogP contribution in [0.4, 0.5) is 5.82 Å². The number of nitrogens with zero attached hydrogens (tertiary/aromatic N) is 1. The van der Waals surface area contributed by atoms with Gasteiger partial charge in [0.1, 0.15) is 5.82 Å². The van der Waals surface area contributed by atoms with E-state index in [0.29, 0.717) is 17.3 Å². The van der Waals surface area contributed by atoms with Crippen molar-refractivity contribution in [1.82, 2.24) is 10.3 Å². The molecule has 1 heterocycles. The van der Waals surface area contributed by atoms with E-state index in [2.05, 4.69) is 36.0 Å². The van der Waals surface area contributed by atoms with Gasteiger partial charge in [-0.3, -0.25) is 4.79 Å². The van der Waals surface area contributed by atoms with Crippen molar-refractivity contribution in [1.29, 1.82) is 0 Å². The number of hydrogen-bond acceptors (Lipinski definition) is 3. The van der Waals surface area contributed by atoms with Crippen LogP contribution < -0.4 is 10.6 Å². The zero-order valence-electron chi connectivity index (χ0n) is 10.6. The Morgan fingerprint density at radius 1 is 1.59 bits per heavy atom. The average Bonchev–Trinajstić information content (AvgIpc) is 2.34. The molecule has 0 unspecified atom stereocenters. The van der Waals surface area contributed by atoms with Gasteiger partial charge in [-0.15, -0.1) is 0 Å². The third kappa shape index (κ3) is 3.31. The summed E-state index contributed by atoms with van der Waals surface area (Å²) in [5.74, 6) is 0.941. The van der Waals surface area contributed by atoms with Crippen LogP contribution in [-0.4, -0.2) is 24.5 Å². The normalized spacial score (nSPS) is 10.1. The van der Waals surface area contributed by atoms with E-state index in [1.807, 2.05) is 0 Å². The van der Waals surface area contributed by atoms with Gasteiger partial charge in [-0.05, 0) is 17.5 Å². The zero-order valence-corrected chi connectivity index (χ0v) is 10.6. The van der Waals surface area contributed by atoms with Crippen molar-refractivity contribution >= 4 is 17.8 Å². The summed E-state index contributed by atoms with van der Waals surface area (Å²) >= 11 is 0. The molecule has 92 valence electrons. The van der Waals surface area contributed by atoms with E-state index in [9.17, 15) is 4.79 Å². The Balaban J connectivity index is 3.10. The summed E-state index contributed by atoms with van der Waals surface area (Å²) in [5, 5.41) is 5.80. The Kier molecular flexibility index (Phi) is 4.69. The van der Waals surface area contributed by atoms with Crippen LogP contribution in [0, 0.1) is 5.92 Å². The Labute approximate surface area is 102 Å². The predicted molar refractivity (Wildman–Crippen MR) is 71.0 cm³/mol. The van der Waals surface area contributed by atoms with Crippen molar-refractivity contribution < 1.29 is 4.79 Å². The van der Waals surface area contributed by atoms with Gasteiger partial charge in [0, 0.05) is 19.8 Å². The maximum Gasteiger partial charge on any atom is 0.255 e. The molecule has 1 aromatic rings. The quantitative estimate of drug-likeness (QED) is 0.819. The first kappa shape index (κ1) is 13.2. The lowest BCUT2D eigenvalue weighted by Gasteiger charge is -2.13. The first-order chi connectivity index (χ1) is 8.10. The van der Waals surface area contributed by atoms with Gasteiger partial charge >= 0.3 is 0 Å². The molecule has 0 aliphatic carbocycles. The minimum atomic E-state index is -0.153. The summed E-state index contributed by atoms with van der Waals surface area (Å²) in [6, 6.07) is 1.78. The smallest absolute Gasteiger partial charge is 0.255 e. The molecule has 4 nitrogen and oxygen atoms in total. The van der Waals surface area contributed by atoms with Gasteiger partial charge in [0.2, 0.25) is 0 Å². The fourth-order valence-electron chi connectivity index (χ4n) is 1.45. The predicted octanol–water partition coefficient (Wildman–Crippen LogP) is 2.15. The Bertz CT molecular complexity index is 413. The summed E-state index contributed by atoms with van der Waals surface area (Å²) in [4.78, 5) is 16.0. The topological polar surface area (TPSA) is 54.0 Å². The van der Waals surface area contributed by atoms with Gasteiger partial charge in [0.15, 0.2) is 0 Å². The van der Waals surface area contributed by atoms with Crippen molar-refractivity contribution in [3.8, 4) is 0 Å². The van der Waals surface area contributed by atoms with Gasteiger partial charge in [-0.25, -0.2) is 4.98 Å². The molecule has 0 atom stereocenters. The number of pyridine rings is 1. The molecule has 4 heteroatoms. The summed E-state index contributed by atoms with van der Waals surface area (Å²) in [6.45, 7) is 8.69. The highest BCUT2D eigenvalue weighted by molar-refractivity contribution is 6.01. The number of rotatable bonds is 5. The maximum atomic E-state index is 11.8. The van der Waals surface area contributed by atoms with Gasteiger partial charge < -0.3 is 10.6 Å². The van der Waals surface area contributed by atoms with E-state index >= 15 is 0 Å². The molecule has 0 aromatic carbocycles. The molecule has 0 radical (unpaired) electrons. The van der Waals surface area contributed by atoms with Crippen LogP contribution in [0.1, 0.15) is 29.8 Å². The van der Waals surface area contributed by atoms with Crippen LogP contribution in [0.2, 0.25) is 0 Å². The van der Waals surface area contributed by atoms with Gasteiger partial charge in [0.25, 0.3) is 5.91 Å². The van der Waals surface area contributed by atoms with E-state index in [0.717, 1.165) is 12.1 Å². The van der Waals surface area contributed by atoms with Crippen LogP contribution in [0.15, 0.2) is 18.8 Å². The number of amides is 1. The second kappa shape index (κ2) is 6.03. The summed E-state index contributed by atoms with van der Waals surface area (Å²) in [6.07, 6.45) is 3.33. The Morgan fingerprint density at radius 2 is 2.29 bits per heavy atom. The molecule has 0 aliphatic heterocycles. The number of aromatic nitrogens is 1. The lowest BCUT2D eigenvalue weighted by Crippen LogP contribution is -2.22. The number of anilines is 1. The van der Waals surface area contributed by atoms with Crippen LogP contribution in [0.5, 0.6) is 0 Å². The number of nitrogens with one attached hydrogen (secondary N) is 2. The summed E-state index contributed by atoms with van der Waals surface area (Å²) in [7, 11) is 1.61. The number of hydrogen-bond donors (Lipinski definition) is 2. The van der Waals surface area contributed by atoms with Crippen molar-refractivity contribution in [2.24, 2.45) is 5.92 Å². The maximum absolute atomic E-state index is 11.8. The van der Waals surface area contributed by atoms with Gasteiger partial charge in [0.05, 0.1) is 5.56 Å².